The fourth-order valence-corrected chi connectivity index (χ4v) is 4.19. The number of amides is 3. The second-order valence-electron chi connectivity index (χ2n) is 8.05. The summed E-state index contributed by atoms with van der Waals surface area (Å²) in [6, 6.07) is 9.47. The van der Waals surface area contributed by atoms with E-state index < -0.39 is 23.9 Å². The summed E-state index contributed by atoms with van der Waals surface area (Å²) in [5.41, 5.74) is 5.40. The van der Waals surface area contributed by atoms with Crippen LogP contribution in [0.5, 0.6) is 0 Å². The highest BCUT2D eigenvalue weighted by molar-refractivity contribution is 6.25. The van der Waals surface area contributed by atoms with Gasteiger partial charge in [0.2, 0.25) is 5.91 Å². The third-order valence-electron chi connectivity index (χ3n) is 5.71. The van der Waals surface area contributed by atoms with E-state index in [1.807, 2.05) is 52.0 Å². The number of nitrogens with one attached hydrogen (secondary N) is 1. The molecule has 2 aliphatic heterocycles. The van der Waals surface area contributed by atoms with Crippen molar-refractivity contribution in [1.82, 2.24) is 5.01 Å². The topological polar surface area (TPSA) is 94.4 Å². The third-order valence-corrected chi connectivity index (χ3v) is 5.71. The Hall–Kier alpha value is -3.55. The van der Waals surface area contributed by atoms with Gasteiger partial charge in [-0.25, -0.2) is 4.90 Å². The summed E-state index contributed by atoms with van der Waals surface area (Å²) in [6.45, 7) is 7.73. The number of hydrogen-bond acceptors (Lipinski definition) is 6. The Bertz CT molecular complexity index is 1070. The summed E-state index contributed by atoms with van der Waals surface area (Å²) in [5.74, 6) is -1.16. The van der Waals surface area contributed by atoms with E-state index in [0.717, 1.165) is 39.3 Å². The number of carbonyl (C=O) groups excluding carboxylic acids is 3. The van der Waals surface area contributed by atoms with Crippen LogP contribution < -0.4 is 10.2 Å². The molecule has 0 radical (unpaired) electrons. The molecule has 31 heavy (non-hydrogen) atoms. The van der Waals surface area contributed by atoms with Gasteiger partial charge in [-0.05, 0) is 56.0 Å². The lowest BCUT2D eigenvalue weighted by molar-refractivity contribution is -0.123. The van der Waals surface area contributed by atoms with Crippen molar-refractivity contribution in [1.29, 1.82) is 0 Å². The molecule has 2 heterocycles. The Morgan fingerprint density at radius 3 is 2.29 bits per heavy atom. The standard InChI is InChI=1S/C23H25N5O3/c1-5-16-6-8-17(9-7-16)28-22(30)20-21(23(28)31)27(26-25-20)12-18(29)24-19-14(3)10-13(2)11-15(19)4/h6-11,20-21H,5,12H2,1-4H3,(H,24,29)/t20-,21+/m0/s1. The summed E-state index contributed by atoms with van der Waals surface area (Å²) in [6.07, 6.45) is 0.866. The van der Waals surface area contributed by atoms with E-state index >= 15 is 0 Å². The first-order valence-electron chi connectivity index (χ1n) is 10.3. The van der Waals surface area contributed by atoms with E-state index in [0.29, 0.717) is 5.69 Å². The SMILES string of the molecule is CCc1ccc(N2C(=O)[C@H]3N=NN(CC(=O)Nc4c(C)cc(C)cc4C)[C@H]3C2=O)cc1. The molecule has 0 aromatic heterocycles. The molecular weight excluding hydrogens is 394 g/mol. The summed E-state index contributed by atoms with van der Waals surface area (Å²) >= 11 is 0. The number of anilines is 2. The molecule has 2 atom stereocenters. The van der Waals surface area contributed by atoms with Gasteiger partial charge in [0.25, 0.3) is 11.8 Å². The number of imide groups is 1. The highest BCUT2D eigenvalue weighted by Gasteiger charge is 2.55. The van der Waals surface area contributed by atoms with Crippen molar-refractivity contribution in [3.63, 3.8) is 0 Å². The quantitative estimate of drug-likeness (QED) is 0.754. The maximum atomic E-state index is 13.1. The summed E-state index contributed by atoms with van der Waals surface area (Å²) in [5, 5.41) is 12.1. The van der Waals surface area contributed by atoms with Crippen molar-refractivity contribution in [2.45, 2.75) is 46.2 Å². The van der Waals surface area contributed by atoms with Gasteiger partial charge in [-0.3, -0.25) is 19.4 Å². The molecule has 1 saturated heterocycles. The minimum absolute atomic E-state index is 0.168. The first-order chi connectivity index (χ1) is 14.8. The highest BCUT2D eigenvalue weighted by atomic mass is 16.2. The van der Waals surface area contributed by atoms with Gasteiger partial charge in [0, 0.05) is 5.69 Å². The van der Waals surface area contributed by atoms with Crippen LogP contribution >= 0.6 is 0 Å². The van der Waals surface area contributed by atoms with Crippen LogP contribution in [0.25, 0.3) is 0 Å². The van der Waals surface area contributed by atoms with Crippen molar-refractivity contribution in [2.75, 3.05) is 16.8 Å². The minimum Gasteiger partial charge on any atom is -0.324 e. The van der Waals surface area contributed by atoms with Crippen molar-refractivity contribution in [3.05, 3.63) is 58.7 Å². The van der Waals surface area contributed by atoms with E-state index in [4.69, 9.17) is 0 Å². The molecule has 1 N–H and O–H groups in total. The predicted octanol–water partition coefficient (Wildman–Crippen LogP) is 3.11. The molecular formula is C23H25N5O3. The summed E-state index contributed by atoms with van der Waals surface area (Å²) in [7, 11) is 0. The van der Waals surface area contributed by atoms with E-state index in [-0.39, 0.29) is 12.5 Å². The van der Waals surface area contributed by atoms with Crippen LogP contribution in [0.3, 0.4) is 0 Å². The predicted molar refractivity (Wildman–Crippen MR) is 117 cm³/mol. The van der Waals surface area contributed by atoms with Crippen molar-refractivity contribution in [2.24, 2.45) is 10.3 Å². The van der Waals surface area contributed by atoms with E-state index in [2.05, 4.69) is 15.7 Å². The lowest BCUT2D eigenvalue weighted by Gasteiger charge is -2.21. The number of hydrogen-bond donors (Lipinski definition) is 1. The molecule has 4 rings (SSSR count). The molecule has 0 saturated carbocycles. The second-order valence-corrected chi connectivity index (χ2v) is 8.05. The van der Waals surface area contributed by atoms with Crippen LogP contribution in [0.1, 0.15) is 29.2 Å². The number of aryl methyl sites for hydroxylation is 4. The number of fused-ring (bicyclic) bond motifs is 1. The van der Waals surface area contributed by atoms with Gasteiger partial charge in [0.05, 0.1) is 5.69 Å². The maximum absolute atomic E-state index is 13.1. The zero-order valence-corrected chi connectivity index (χ0v) is 18.0. The summed E-state index contributed by atoms with van der Waals surface area (Å²) < 4.78 is 0. The zero-order valence-electron chi connectivity index (χ0n) is 18.0. The maximum Gasteiger partial charge on any atom is 0.263 e. The molecule has 2 aromatic carbocycles. The van der Waals surface area contributed by atoms with Gasteiger partial charge in [0.15, 0.2) is 12.1 Å². The second kappa shape index (κ2) is 7.94. The molecule has 0 unspecified atom stereocenters. The number of carbonyl (C=O) groups is 3. The number of benzene rings is 2. The van der Waals surface area contributed by atoms with Crippen molar-refractivity contribution in [3.8, 4) is 0 Å². The monoisotopic (exact) mass is 419 g/mol. The zero-order chi connectivity index (χ0) is 22.3. The highest BCUT2D eigenvalue weighted by Crippen LogP contribution is 2.32. The normalized spacial score (nSPS) is 19.9. The Labute approximate surface area is 180 Å². The van der Waals surface area contributed by atoms with Crippen LogP contribution in [0.2, 0.25) is 0 Å². The first kappa shape index (κ1) is 20.7. The van der Waals surface area contributed by atoms with Crippen molar-refractivity contribution >= 4 is 29.1 Å². The molecule has 2 aliphatic rings. The smallest absolute Gasteiger partial charge is 0.263 e. The average Bonchev–Trinajstić information content (AvgIpc) is 3.24. The van der Waals surface area contributed by atoms with Crippen molar-refractivity contribution < 1.29 is 14.4 Å². The van der Waals surface area contributed by atoms with Crippen LogP contribution in [-0.4, -0.2) is 41.4 Å². The van der Waals surface area contributed by atoms with Crippen LogP contribution in [0.15, 0.2) is 46.7 Å². The van der Waals surface area contributed by atoms with E-state index in [9.17, 15) is 14.4 Å². The van der Waals surface area contributed by atoms with Crippen LogP contribution in [-0.2, 0) is 20.8 Å². The van der Waals surface area contributed by atoms with Crippen LogP contribution in [0, 0.1) is 20.8 Å². The fraction of sp³-hybridized carbons (Fsp3) is 0.348. The Morgan fingerprint density at radius 2 is 1.68 bits per heavy atom. The Balaban J connectivity index is 1.49. The molecule has 0 bridgehead atoms. The molecule has 2 aromatic rings. The lowest BCUT2D eigenvalue weighted by atomic mass is 10.1. The third kappa shape index (κ3) is 3.69. The molecule has 3 amide bonds. The number of rotatable bonds is 5. The average molecular weight is 419 g/mol. The minimum atomic E-state index is -0.922. The molecule has 0 spiro atoms. The van der Waals surface area contributed by atoms with Gasteiger partial charge in [-0.15, -0.1) is 0 Å². The molecule has 8 heteroatoms. The Kier molecular flexibility index (Phi) is 5.31. The van der Waals surface area contributed by atoms with Gasteiger partial charge >= 0.3 is 0 Å². The lowest BCUT2D eigenvalue weighted by Crippen LogP contribution is -2.43. The molecule has 1 fully saturated rings. The van der Waals surface area contributed by atoms with E-state index in [1.54, 1.807) is 12.1 Å². The molecule has 160 valence electrons. The fourth-order valence-electron chi connectivity index (χ4n) is 4.19. The Morgan fingerprint density at radius 1 is 1.03 bits per heavy atom. The van der Waals surface area contributed by atoms with Gasteiger partial charge in [-0.2, -0.15) is 5.11 Å². The van der Waals surface area contributed by atoms with Gasteiger partial charge in [0.1, 0.15) is 6.54 Å². The largest absolute Gasteiger partial charge is 0.324 e. The van der Waals surface area contributed by atoms with Gasteiger partial charge in [-0.1, -0.05) is 42.0 Å². The van der Waals surface area contributed by atoms with Crippen LogP contribution in [0.4, 0.5) is 11.4 Å². The summed E-state index contributed by atoms with van der Waals surface area (Å²) in [4.78, 5) is 39.7. The molecule has 0 aliphatic carbocycles. The number of nitrogens with zero attached hydrogens (tertiary/aromatic N) is 4. The van der Waals surface area contributed by atoms with Gasteiger partial charge < -0.3 is 5.32 Å². The van der Waals surface area contributed by atoms with E-state index in [1.165, 1.54) is 5.01 Å². The first-order valence-corrected chi connectivity index (χ1v) is 10.3. The molecule has 8 nitrogen and oxygen atoms in total.